The molecule has 7 nitrogen and oxygen atoms in total. The van der Waals surface area contributed by atoms with E-state index in [0.717, 1.165) is 12.1 Å². The van der Waals surface area contributed by atoms with Crippen molar-refractivity contribution in [1.82, 2.24) is 4.90 Å². The molecule has 0 saturated carbocycles. The molecular weight excluding hydrogens is 393 g/mol. The number of alkyl halides is 3. The number of rotatable bonds is 5. The maximum Gasteiger partial charge on any atom is 0.573 e. The second-order valence-electron chi connectivity index (χ2n) is 6.18. The average Bonchev–Trinajstić information content (AvgIpc) is 2.67. The van der Waals surface area contributed by atoms with E-state index in [1.54, 1.807) is 24.3 Å². The van der Waals surface area contributed by atoms with Gasteiger partial charge in [-0.15, -0.1) is 13.2 Å². The Bertz CT molecular complexity index is 886. The van der Waals surface area contributed by atoms with Gasteiger partial charge < -0.3 is 24.4 Å². The number of ether oxygens (including phenoxy) is 3. The van der Waals surface area contributed by atoms with Crippen molar-refractivity contribution in [1.29, 1.82) is 0 Å². The van der Waals surface area contributed by atoms with Crippen LogP contribution in [-0.4, -0.2) is 49.4 Å². The summed E-state index contributed by atoms with van der Waals surface area (Å²) in [6, 6.07) is 11.6. The molecule has 0 unspecified atom stereocenters. The van der Waals surface area contributed by atoms with Crippen LogP contribution in [0.25, 0.3) is 0 Å². The minimum absolute atomic E-state index is 0.0163. The molecule has 0 bridgehead atoms. The molecular formula is C19H17F3N2O5. The van der Waals surface area contributed by atoms with Gasteiger partial charge in [0.25, 0.3) is 5.91 Å². The molecule has 1 N–H and O–H groups in total. The number of carbonyl (C=O) groups is 2. The minimum Gasteiger partial charge on any atom is -0.485 e. The number of hydrogen-bond acceptors (Lipinski definition) is 5. The Morgan fingerprint density at radius 1 is 1.14 bits per heavy atom. The van der Waals surface area contributed by atoms with Crippen molar-refractivity contribution in [3.63, 3.8) is 0 Å². The zero-order chi connectivity index (χ0) is 21.0. The molecule has 3 rings (SSSR count). The predicted molar refractivity (Wildman–Crippen MR) is 95.7 cm³/mol. The summed E-state index contributed by atoms with van der Waals surface area (Å²) in [6.45, 7) is -0.260. The number of fused-ring (bicyclic) bond motifs is 1. The quantitative estimate of drug-likeness (QED) is 0.821. The summed E-state index contributed by atoms with van der Waals surface area (Å²) in [5, 5.41) is 2.49. The van der Waals surface area contributed by atoms with Crippen LogP contribution in [0.2, 0.25) is 0 Å². The first kappa shape index (κ1) is 20.3. The molecule has 154 valence electrons. The fraction of sp³-hybridized carbons (Fsp3) is 0.263. The Hall–Kier alpha value is -3.43. The smallest absolute Gasteiger partial charge is 0.485 e. The molecule has 0 radical (unpaired) electrons. The fourth-order valence-corrected chi connectivity index (χ4v) is 2.62. The maximum atomic E-state index is 12.5. The molecule has 0 spiro atoms. The van der Waals surface area contributed by atoms with Gasteiger partial charge in [0.2, 0.25) is 12.0 Å². The number of halogens is 3. The van der Waals surface area contributed by atoms with Gasteiger partial charge in [0.05, 0.1) is 6.54 Å². The zero-order valence-corrected chi connectivity index (χ0v) is 15.2. The van der Waals surface area contributed by atoms with E-state index in [4.69, 9.17) is 9.47 Å². The van der Waals surface area contributed by atoms with E-state index in [1.165, 1.54) is 24.1 Å². The van der Waals surface area contributed by atoms with Crippen molar-refractivity contribution >= 4 is 17.5 Å². The van der Waals surface area contributed by atoms with Crippen LogP contribution in [0.1, 0.15) is 0 Å². The van der Waals surface area contributed by atoms with Crippen LogP contribution in [0.4, 0.5) is 18.9 Å². The highest BCUT2D eigenvalue weighted by Crippen LogP contribution is 2.31. The molecule has 0 aromatic heterocycles. The number of likely N-dealkylation sites (N-methyl/N-ethyl adjacent to an activating group) is 1. The molecule has 0 saturated heterocycles. The average molecular weight is 410 g/mol. The highest BCUT2D eigenvalue weighted by atomic mass is 19.4. The number of nitrogens with one attached hydrogen (secondary N) is 1. The summed E-state index contributed by atoms with van der Waals surface area (Å²) < 4.78 is 51.3. The second kappa shape index (κ2) is 8.29. The lowest BCUT2D eigenvalue weighted by Gasteiger charge is -2.28. The van der Waals surface area contributed by atoms with Crippen LogP contribution >= 0.6 is 0 Å². The van der Waals surface area contributed by atoms with Gasteiger partial charge in [-0.1, -0.05) is 12.1 Å². The second-order valence-corrected chi connectivity index (χ2v) is 6.18. The highest BCUT2D eigenvalue weighted by Gasteiger charge is 2.31. The minimum atomic E-state index is -4.79. The SMILES string of the molecule is CN(CC(=O)Nc1ccc(OC(F)(F)F)cc1)C(=O)[C@@H]1COc2ccccc2O1. The molecule has 2 amide bonds. The Kier molecular flexibility index (Phi) is 5.81. The molecule has 2 aromatic rings. The van der Waals surface area contributed by atoms with Gasteiger partial charge in [-0.3, -0.25) is 9.59 Å². The largest absolute Gasteiger partial charge is 0.573 e. The lowest BCUT2D eigenvalue weighted by molar-refractivity contribution is -0.274. The standard InChI is InChI=1S/C19H17F3N2O5/c1-24(18(26)16-11-27-14-4-2-3-5-15(14)28-16)10-17(25)23-12-6-8-13(9-7-12)29-19(20,21)22/h2-9,16H,10-11H2,1H3,(H,23,25)/t16-/m0/s1. The molecule has 2 aromatic carbocycles. The summed E-state index contributed by atoms with van der Waals surface area (Å²) in [4.78, 5) is 25.8. The number of para-hydroxylation sites is 2. The van der Waals surface area contributed by atoms with Crippen LogP contribution in [0.5, 0.6) is 17.2 Å². The number of anilines is 1. The van der Waals surface area contributed by atoms with E-state index in [-0.39, 0.29) is 18.8 Å². The van der Waals surface area contributed by atoms with Gasteiger partial charge in [-0.25, -0.2) is 0 Å². The Balaban J connectivity index is 1.52. The topological polar surface area (TPSA) is 77.1 Å². The molecule has 1 aliphatic rings. The van der Waals surface area contributed by atoms with Crippen molar-refractivity contribution in [3.05, 3.63) is 48.5 Å². The molecule has 1 aliphatic heterocycles. The summed E-state index contributed by atoms with van der Waals surface area (Å²) >= 11 is 0. The number of benzene rings is 2. The van der Waals surface area contributed by atoms with Crippen LogP contribution in [-0.2, 0) is 9.59 Å². The normalized spacial score (nSPS) is 15.4. The molecule has 10 heteroatoms. The number of carbonyl (C=O) groups excluding carboxylic acids is 2. The monoisotopic (exact) mass is 410 g/mol. The van der Waals surface area contributed by atoms with Crippen molar-refractivity contribution in [2.45, 2.75) is 12.5 Å². The van der Waals surface area contributed by atoms with Gasteiger partial charge >= 0.3 is 6.36 Å². The first-order chi connectivity index (χ1) is 13.7. The van der Waals surface area contributed by atoms with E-state index in [2.05, 4.69) is 10.1 Å². The Morgan fingerprint density at radius 3 is 2.45 bits per heavy atom. The molecule has 1 heterocycles. The van der Waals surface area contributed by atoms with Gasteiger partial charge in [-0.2, -0.15) is 0 Å². The van der Waals surface area contributed by atoms with E-state index in [1.807, 2.05) is 0 Å². The number of nitrogens with zero attached hydrogens (tertiary/aromatic N) is 1. The van der Waals surface area contributed by atoms with E-state index in [0.29, 0.717) is 11.5 Å². The van der Waals surface area contributed by atoms with E-state index >= 15 is 0 Å². The van der Waals surface area contributed by atoms with Crippen molar-refractivity contribution in [3.8, 4) is 17.2 Å². The third kappa shape index (κ3) is 5.53. The lowest BCUT2D eigenvalue weighted by Crippen LogP contribution is -2.47. The number of hydrogen-bond donors (Lipinski definition) is 1. The van der Waals surface area contributed by atoms with Crippen LogP contribution in [0.15, 0.2) is 48.5 Å². The molecule has 1 atom stereocenters. The molecule has 29 heavy (non-hydrogen) atoms. The Morgan fingerprint density at radius 2 is 1.79 bits per heavy atom. The maximum absolute atomic E-state index is 12.5. The highest BCUT2D eigenvalue weighted by molar-refractivity contribution is 5.95. The van der Waals surface area contributed by atoms with Crippen molar-refractivity contribution in [2.75, 3.05) is 25.5 Å². The summed E-state index contributed by atoms with van der Waals surface area (Å²) in [6.07, 6.45) is -5.68. The van der Waals surface area contributed by atoms with Gasteiger partial charge in [0.1, 0.15) is 12.4 Å². The summed E-state index contributed by atoms with van der Waals surface area (Å²) in [7, 11) is 1.44. The van der Waals surface area contributed by atoms with Crippen molar-refractivity contribution < 1.29 is 37.0 Å². The summed E-state index contributed by atoms with van der Waals surface area (Å²) in [5.41, 5.74) is 0.261. The van der Waals surface area contributed by atoms with E-state index in [9.17, 15) is 22.8 Å². The van der Waals surface area contributed by atoms with Crippen LogP contribution in [0, 0.1) is 0 Å². The lowest BCUT2D eigenvalue weighted by atomic mass is 10.2. The molecule has 0 aliphatic carbocycles. The van der Waals surface area contributed by atoms with Crippen molar-refractivity contribution in [2.24, 2.45) is 0 Å². The molecule has 0 fully saturated rings. The summed E-state index contributed by atoms with van der Waals surface area (Å²) in [5.74, 6) is -0.394. The zero-order valence-electron chi connectivity index (χ0n) is 15.2. The first-order valence-corrected chi connectivity index (χ1v) is 8.50. The first-order valence-electron chi connectivity index (χ1n) is 8.50. The van der Waals surface area contributed by atoms with Crippen LogP contribution < -0.4 is 19.5 Å². The van der Waals surface area contributed by atoms with E-state index < -0.39 is 30.0 Å². The number of amides is 2. The third-order valence-corrected chi connectivity index (χ3v) is 3.91. The van der Waals surface area contributed by atoms with Gasteiger partial charge in [-0.05, 0) is 36.4 Å². The van der Waals surface area contributed by atoms with Gasteiger partial charge in [0.15, 0.2) is 11.5 Å². The predicted octanol–water partition coefficient (Wildman–Crippen LogP) is 2.82. The Labute approximate surface area is 164 Å². The fourth-order valence-electron chi connectivity index (χ4n) is 2.62. The van der Waals surface area contributed by atoms with Crippen LogP contribution in [0.3, 0.4) is 0 Å². The van der Waals surface area contributed by atoms with Gasteiger partial charge in [0, 0.05) is 12.7 Å². The third-order valence-electron chi connectivity index (χ3n) is 3.91.